The van der Waals surface area contributed by atoms with Crippen molar-refractivity contribution in [3.8, 4) is 5.75 Å². The largest absolute Gasteiger partial charge is 0.481 e. The minimum Gasteiger partial charge on any atom is -0.481 e. The van der Waals surface area contributed by atoms with Gasteiger partial charge in [0.1, 0.15) is 5.75 Å². The molecule has 0 aliphatic heterocycles. The number of carbonyl (C=O) groups excluding carboxylic acids is 1. The highest BCUT2D eigenvalue weighted by atomic mass is 16.5. The van der Waals surface area contributed by atoms with Crippen molar-refractivity contribution in [1.29, 1.82) is 0 Å². The standard InChI is InChI=1S/C21H27NO2/c1-13-10-11-15(3)19(12-13)17(5)22-21(23)18(6)24-20-9-7-8-14(2)16(20)4/h7-12,17-18H,1-6H3,(H,22,23)/t17-,18+/m0/s1. The third-order valence-electron chi connectivity index (χ3n) is 4.49. The zero-order valence-electron chi connectivity index (χ0n) is 15.4. The Morgan fingerprint density at radius 1 is 1.00 bits per heavy atom. The molecule has 0 saturated carbocycles. The fourth-order valence-electron chi connectivity index (χ4n) is 2.73. The van der Waals surface area contributed by atoms with Crippen LogP contribution in [0.1, 0.15) is 47.7 Å². The lowest BCUT2D eigenvalue weighted by atomic mass is 10.00. The van der Waals surface area contributed by atoms with Gasteiger partial charge in [0.25, 0.3) is 5.91 Å². The third-order valence-corrected chi connectivity index (χ3v) is 4.49. The molecule has 1 amide bonds. The second-order valence-corrected chi connectivity index (χ2v) is 6.55. The van der Waals surface area contributed by atoms with E-state index in [1.807, 2.05) is 39.0 Å². The van der Waals surface area contributed by atoms with Crippen LogP contribution in [0.4, 0.5) is 0 Å². The number of rotatable bonds is 5. The summed E-state index contributed by atoms with van der Waals surface area (Å²) < 4.78 is 5.87. The van der Waals surface area contributed by atoms with E-state index in [4.69, 9.17) is 4.74 Å². The summed E-state index contributed by atoms with van der Waals surface area (Å²) in [5.74, 6) is 0.654. The Kier molecular flexibility index (Phi) is 5.66. The number of carbonyl (C=O) groups is 1. The Hall–Kier alpha value is -2.29. The maximum absolute atomic E-state index is 12.5. The molecule has 2 aromatic carbocycles. The zero-order valence-corrected chi connectivity index (χ0v) is 15.4. The highest BCUT2D eigenvalue weighted by molar-refractivity contribution is 5.81. The molecule has 128 valence electrons. The van der Waals surface area contributed by atoms with Crippen LogP contribution in [-0.2, 0) is 4.79 Å². The van der Waals surface area contributed by atoms with Gasteiger partial charge in [-0.1, -0.05) is 35.9 Å². The van der Waals surface area contributed by atoms with Crippen LogP contribution >= 0.6 is 0 Å². The first-order valence-corrected chi connectivity index (χ1v) is 8.40. The lowest BCUT2D eigenvalue weighted by Crippen LogP contribution is -2.38. The van der Waals surface area contributed by atoms with Crippen LogP contribution in [0.15, 0.2) is 36.4 Å². The molecule has 0 radical (unpaired) electrons. The molecule has 0 spiro atoms. The van der Waals surface area contributed by atoms with Gasteiger partial charge in [-0.3, -0.25) is 4.79 Å². The number of nitrogens with one attached hydrogen (secondary N) is 1. The first-order valence-electron chi connectivity index (χ1n) is 8.40. The van der Waals surface area contributed by atoms with Gasteiger partial charge in [-0.25, -0.2) is 0 Å². The van der Waals surface area contributed by atoms with Gasteiger partial charge in [0.2, 0.25) is 0 Å². The monoisotopic (exact) mass is 325 g/mol. The van der Waals surface area contributed by atoms with Gasteiger partial charge in [0.05, 0.1) is 6.04 Å². The van der Waals surface area contributed by atoms with E-state index < -0.39 is 6.10 Å². The predicted octanol–water partition coefficient (Wildman–Crippen LogP) is 4.56. The maximum Gasteiger partial charge on any atom is 0.261 e. The fourth-order valence-corrected chi connectivity index (χ4v) is 2.73. The van der Waals surface area contributed by atoms with Crippen molar-refractivity contribution in [2.45, 2.75) is 53.7 Å². The lowest BCUT2D eigenvalue weighted by molar-refractivity contribution is -0.127. The van der Waals surface area contributed by atoms with Crippen molar-refractivity contribution in [3.63, 3.8) is 0 Å². The van der Waals surface area contributed by atoms with Crippen molar-refractivity contribution in [2.75, 3.05) is 0 Å². The minimum absolute atomic E-state index is 0.0537. The Balaban J connectivity index is 2.06. The van der Waals surface area contributed by atoms with Crippen molar-refractivity contribution in [1.82, 2.24) is 5.32 Å². The van der Waals surface area contributed by atoms with E-state index in [-0.39, 0.29) is 11.9 Å². The van der Waals surface area contributed by atoms with E-state index in [0.717, 1.165) is 22.4 Å². The number of ether oxygens (including phenoxy) is 1. The molecule has 0 fully saturated rings. The van der Waals surface area contributed by atoms with E-state index in [0.29, 0.717) is 0 Å². The van der Waals surface area contributed by atoms with Gasteiger partial charge in [-0.05, 0) is 69.9 Å². The molecular formula is C21H27NO2. The van der Waals surface area contributed by atoms with Crippen LogP contribution in [0.25, 0.3) is 0 Å². The van der Waals surface area contributed by atoms with Crippen LogP contribution in [0.3, 0.4) is 0 Å². The number of benzene rings is 2. The van der Waals surface area contributed by atoms with Crippen LogP contribution in [-0.4, -0.2) is 12.0 Å². The molecule has 0 heterocycles. The molecule has 1 N–H and O–H groups in total. The van der Waals surface area contributed by atoms with Gasteiger partial charge >= 0.3 is 0 Å². The lowest BCUT2D eigenvalue weighted by Gasteiger charge is -2.21. The number of aryl methyl sites for hydroxylation is 3. The fraction of sp³-hybridized carbons (Fsp3) is 0.381. The number of amides is 1. The normalized spacial score (nSPS) is 13.2. The molecule has 0 aliphatic rings. The Morgan fingerprint density at radius 3 is 2.42 bits per heavy atom. The molecule has 0 bridgehead atoms. The van der Waals surface area contributed by atoms with Crippen LogP contribution in [0, 0.1) is 27.7 Å². The van der Waals surface area contributed by atoms with Gasteiger partial charge in [0, 0.05) is 0 Å². The van der Waals surface area contributed by atoms with Gasteiger partial charge in [-0.2, -0.15) is 0 Å². The molecule has 24 heavy (non-hydrogen) atoms. The first kappa shape index (κ1) is 18.1. The zero-order chi connectivity index (χ0) is 17.9. The summed E-state index contributed by atoms with van der Waals surface area (Å²) in [5.41, 5.74) is 5.73. The second kappa shape index (κ2) is 7.52. The van der Waals surface area contributed by atoms with Crippen LogP contribution in [0.5, 0.6) is 5.75 Å². The van der Waals surface area contributed by atoms with Crippen LogP contribution < -0.4 is 10.1 Å². The molecule has 0 saturated heterocycles. The van der Waals surface area contributed by atoms with Gasteiger partial charge in [-0.15, -0.1) is 0 Å². The van der Waals surface area contributed by atoms with Gasteiger partial charge in [0.15, 0.2) is 6.10 Å². The average molecular weight is 325 g/mol. The number of hydrogen-bond acceptors (Lipinski definition) is 2. The molecular weight excluding hydrogens is 298 g/mol. The molecule has 3 nitrogen and oxygen atoms in total. The summed E-state index contributed by atoms with van der Waals surface area (Å²) in [6.07, 6.45) is -0.543. The molecule has 2 aromatic rings. The highest BCUT2D eigenvalue weighted by Gasteiger charge is 2.19. The Labute approximate surface area is 145 Å². The molecule has 0 aromatic heterocycles. The smallest absolute Gasteiger partial charge is 0.261 e. The summed E-state index contributed by atoms with van der Waals surface area (Å²) >= 11 is 0. The van der Waals surface area contributed by atoms with Gasteiger partial charge < -0.3 is 10.1 Å². The van der Waals surface area contributed by atoms with Crippen molar-refractivity contribution in [3.05, 3.63) is 64.2 Å². The van der Waals surface area contributed by atoms with Crippen LogP contribution in [0.2, 0.25) is 0 Å². The van der Waals surface area contributed by atoms with Crippen molar-refractivity contribution >= 4 is 5.91 Å². The first-order chi connectivity index (χ1) is 11.3. The van der Waals surface area contributed by atoms with E-state index in [9.17, 15) is 4.79 Å². The van der Waals surface area contributed by atoms with E-state index in [1.165, 1.54) is 11.1 Å². The molecule has 3 heteroatoms. The summed E-state index contributed by atoms with van der Waals surface area (Å²) in [6, 6.07) is 12.1. The Morgan fingerprint density at radius 2 is 1.71 bits per heavy atom. The molecule has 0 unspecified atom stereocenters. The summed E-state index contributed by atoms with van der Waals surface area (Å²) in [7, 11) is 0. The minimum atomic E-state index is -0.543. The summed E-state index contributed by atoms with van der Waals surface area (Å²) in [5, 5.41) is 3.05. The van der Waals surface area contributed by atoms with E-state index >= 15 is 0 Å². The van der Waals surface area contributed by atoms with E-state index in [2.05, 4.69) is 37.4 Å². The SMILES string of the molecule is Cc1ccc(C)c([C@H](C)NC(=O)[C@@H](C)Oc2cccc(C)c2C)c1. The number of hydrogen-bond donors (Lipinski definition) is 1. The summed E-state index contributed by atoms with van der Waals surface area (Å²) in [4.78, 5) is 12.5. The molecule has 2 atom stereocenters. The quantitative estimate of drug-likeness (QED) is 0.875. The highest BCUT2D eigenvalue weighted by Crippen LogP contribution is 2.23. The summed E-state index contributed by atoms with van der Waals surface area (Å²) in [6.45, 7) is 12.0. The predicted molar refractivity (Wildman–Crippen MR) is 98.5 cm³/mol. The topological polar surface area (TPSA) is 38.3 Å². The van der Waals surface area contributed by atoms with E-state index in [1.54, 1.807) is 6.92 Å². The average Bonchev–Trinajstić information content (AvgIpc) is 2.53. The van der Waals surface area contributed by atoms with Crippen molar-refractivity contribution < 1.29 is 9.53 Å². The second-order valence-electron chi connectivity index (χ2n) is 6.55. The Bertz CT molecular complexity index is 737. The maximum atomic E-state index is 12.5. The third kappa shape index (κ3) is 4.16. The van der Waals surface area contributed by atoms with Crippen molar-refractivity contribution in [2.24, 2.45) is 0 Å². The molecule has 0 aliphatic carbocycles. The molecule has 2 rings (SSSR count).